The van der Waals surface area contributed by atoms with Crippen LogP contribution >= 0.6 is 0 Å². The first kappa shape index (κ1) is 17.7. The fourth-order valence-corrected chi connectivity index (χ4v) is 3.12. The van der Waals surface area contributed by atoms with Gasteiger partial charge in [-0.1, -0.05) is 17.7 Å². The molecule has 0 fully saturated rings. The van der Waals surface area contributed by atoms with E-state index in [1.807, 2.05) is 26.0 Å². The van der Waals surface area contributed by atoms with Crippen LogP contribution in [0, 0.1) is 13.8 Å². The summed E-state index contributed by atoms with van der Waals surface area (Å²) in [7, 11) is 1.28. The molecular formula is C20H18N4O4. The minimum Gasteiger partial charge on any atom is -0.463 e. The number of furan rings is 1. The normalized spacial score (nSPS) is 11.1. The molecule has 142 valence electrons. The first-order valence-corrected chi connectivity index (χ1v) is 8.66. The molecule has 0 aliphatic rings. The summed E-state index contributed by atoms with van der Waals surface area (Å²) in [6.45, 7) is 4.16. The summed E-state index contributed by atoms with van der Waals surface area (Å²) in [5.74, 6) is -0.0328. The van der Waals surface area contributed by atoms with Crippen molar-refractivity contribution < 1.29 is 13.9 Å². The van der Waals surface area contributed by atoms with E-state index in [0.29, 0.717) is 16.8 Å². The van der Waals surface area contributed by atoms with Crippen molar-refractivity contribution in [2.45, 2.75) is 20.4 Å². The van der Waals surface area contributed by atoms with Crippen molar-refractivity contribution in [3.8, 4) is 5.69 Å². The molecule has 0 radical (unpaired) electrons. The van der Waals surface area contributed by atoms with E-state index in [-0.39, 0.29) is 17.9 Å². The van der Waals surface area contributed by atoms with Crippen LogP contribution < -0.4 is 5.56 Å². The zero-order valence-electron chi connectivity index (χ0n) is 15.7. The zero-order valence-corrected chi connectivity index (χ0v) is 15.7. The Bertz CT molecular complexity index is 1250. The van der Waals surface area contributed by atoms with Crippen LogP contribution in [0.3, 0.4) is 0 Å². The van der Waals surface area contributed by atoms with Crippen molar-refractivity contribution in [1.82, 2.24) is 19.3 Å². The Kier molecular flexibility index (Phi) is 4.31. The summed E-state index contributed by atoms with van der Waals surface area (Å²) in [5.41, 5.74) is 3.32. The molecule has 28 heavy (non-hydrogen) atoms. The monoisotopic (exact) mass is 378 g/mol. The second kappa shape index (κ2) is 6.80. The Labute approximate surface area is 160 Å². The van der Waals surface area contributed by atoms with E-state index in [1.54, 1.807) is 10.7 Å². The molecule has 3 heterocycles. The average molecular weight is 378 g/mol. The molecule has 0 N–H and O–H groups in total. The van der Waals surface area contributed by atoms with Gasteiger partial charge in [-0.15, -0.1) is 0 Å². The maximum absolute atomic E-state index is 12.8. The van der Waals surface area contributed by atoms with E-state index >= 15 is 0 Å². The fraction of sp³-hybridized carbons (Fsp3) is 0.200. The molecule has 0 spiro atoms. The highest BCUT2D eigenvalue weighted by Crippen LogP contribution is 2.19. The van der Waals surface area contributed by atoms with Crippen molar-refractivity contribution in [3.63, 3.8) is 0 Å². The molecule has 0 amide bonds. The third-order valence-electron chi connectivity index (χ3n) is 4.51. The van der Waals surface area contributed by atoms with Gasteiger partial charge in [-0.05, 0) is 37.6 Å². The lowest BCUT2D eigenvalue weighted by atomic mass is 10.1. The molecule has 0 bridgehead atoms. The lowest BCUT2D eigenvalue weighted by Crippen LogP contribution is -2.21. The van der Waals surface area contributed by atoms with Crippen LogP contribution in [0.15, 0.2) is 52.1 Å². The van der Waals surface area contributed by atoms with Crippen LogP contribution in [0.25, 0.3) is 16.7 Å². The van der Waals surface area contributed by atoms with Gasteiger partial charge in [0.15, 0.2) is 5.65 Å². The van der Waals surface area contributed by atoms with Gasteiger partial charge in [0.2, 0.25) is 5.76 Å². The number of ether oxygens (including phenoxy) is 1. The third-order valence-corrected chi connectivity index (χ3v) is 4.51. The summed E-state index contributed by atoms with van der Waals surface area (Å²) >= 11 is 0. The van der Waals surface area contributed by atoms with E-state index in [0.717, 1.165) is 16.8 Å². The fourth-order valence-electron chi connectivity index (χ4n) is 3.12. The lowest BCUT2D eigenvalue weighted by Gasteiger charge is -2.08. The van der Waals surface area contributed by atoms with Crippen molar-refractivity contribution in [1.29, 1.82) is 0 Å². The lowest BCUT2D eigenvalue weighted by molar-refractivity contribution is 0.0563. The van der Waals surface area contributed by atoms with Crippen LogP contribution in [0.5, 0.6) is 0 Å². The number of fused-ring (bicyclic) bond motifs is 1. The highest BCUT2D eigenvalue weighted by Gasteiger charge is 2.15. The van der Waals surface area contributed by atoms with E-state index < -0.39 is 5.97 Å². The summed E-state index contributed by atoms with van der Waals surface area (Å²) < 4.78 is 13.1. The van der Waals surface area contributed by atoms with Gasteiger partial charge in [0.25, 0.3) is 5.56 Å². The Balaban J connectivity index is 1.71. The number of nitrogens with zero attached hydrogens (tertiary/aromatic N) is 4. The number of aromatic nitrogens is 4. The number of benzene rings is 1. The maximum atomic E-state index is 12.8. The van der Waals surface area contributed by atoms with E-state index in [4.69, 9.17) is 4.42 Å². The first-order chi connectivity index (χ1) is 13.5. The quantitative estimate of drug-likeness (QED) is 0.507. The maximum Gasteiger partial charge on any atom is 0.373 e. The average Bonchev–Trinajstić information content (AvgIpc) is 3.31. The summed E-state index contributed by atoms with van der Waals surface area (Å²) in [6.07, 6.45) is 2.97. The number of rotatable bonds is 4. The Morgan fingerprint density at radius 2 is 2.04 bits per heavy atom. The molecule has 1 aromatic carbocycles. The number of hydrogen-bond donors (Lipinski definition) is 0. The molecule has 0 aliphatic carbocycles. The SMILES string of the molecule is COC(=O)c1ccc(Cn2cnc3c(cnn3-c3ccc(C)cc3C)c2=O)o1. The second-order valence-corrected chi connectivity index (χ2v) is 6.52. The molecule has 0 saturated carbocycles. The van der Waals surface area contributed by atoms with Crippen molar-refractivity contribution in [2.75, 3.05) is 7.11 Å². The molecule has 4 aromatic rings. The predicted molar refractivity (Wildman–Crippen MR) is 102 cm³/mol. The molecule has 0 unspecified atom stereocenters. The van der Waals surface area contributed by atoms with E-state index in [9.17, 15) is 9.59 Å². The highest BCUT2D eigenvalue weighted by molar-refractivity contribution is 5.86. The number of carbonyl (C=O) groups excluding carboxylic acids is 1. The van der Waals surface area contributed by atoms with Crippen LogP contribution in [0.2, 0.25) is 0 Å². The van der Waals surface area contributed by atoms with Crippen LogP contribution in [0.4, 0.5) is 0 Å². The van der Waals surface area contributed by atoms with Gasteiger partial charge in [0.05, 0.1) is 25.5 Å². The van der Waals surface area contributed by atoms with Gasteiger partial charge >= 0.3 is 5.97 Å². The summed E-state index contributed by atoms with van der Waals surface area (Å²) in [6, 6.07) is 9.15. The van der Waals surface area contributed by atoms with Crippen LogP contribution in [-0.4, -0.2) is 32.4 Å². The number of hydrogen-bond acceptors (Lipinski definition) is 6. The Morgan fingerprint density at radius 1 is 1.21 bits per heavy atom. The van der Waals surface area contributed by atoms with Crippen molar-refractivity contribution >= 4 is 17.0 Å². The molecule has 4 rings (SSSR count). The first-order valence-electron chi connectivity index (χ1n) is 8.66. The van der Waals surface area contributed by atoms with Gasteiger partial charge in [-0.25, -0.2) is 14.5 Å². The molecular weight excluding hydrogens is 360 g/mol. The summed E-state index contributed by atoms with van der Waals surface area (Å²) in [4.78, 5) is 28.8. The van der Waals surface area contributed by atoms with Gasteiger partial charge in [-0.2, -0.15) is 5.10 Å². The predicted octanol–water partition coefficient (Wildman–Crippen LogP) is 2.63. The summed E-state index contributed by atoms with van der Waals surface area (Å²) in [5, 5.41) is 4.76. The molecule has 3 aromatic heterocycles. The Morgan fingerprint density at radius 3 is 2.79 bits per heavy atom. The zero-order chi connectivity index (χ0) is 19.8. The minimum absolute atomic E-state index is 0.0854. The van der Waals surface area contributed by atoms with Gasteiger partial charge in [-0.3, -0.25) is 9.36 Å². The second-order valence-electron chi connectivity index (χ2n) is 6.52. The van der Waals surface area contributed by atoms with Crippen molar-refractivity contribution in [2.24, 2.45) is 0 Å². The number of aryl methyl sites for hydroxylation is 2. The van der Waals surface area contributed by atoms with Gasteiger partial charge in [0.1, 0.15) is 17.5 Å². The molecule has 8 nitrogen and oxygen atoms in total. The Hall–Kier alpha value is -3.68. The molecule has 0 saturated heterocycles. The molecule has 0 aliphatic heterocycles. The van der Waals surface area contributed by atoms with Crippen molar-refractivity contribution in [3.05, 3.63) is 75.9 Å². The number of carbonyl (C=O) groups is 1. The number of methoxy groups -OCH3 is 1. The van der Waals surface area contributed by atoms with Gasteiger partial charge < -0.3 is 9.15 Å². The molecule has 8 heteroatoms. The third kappa shape index (κ3) is 2.98. The smallest absolute Gasteiger partial charge is 0.373 e. The minimum atomic E-state index is -0.568. The standard InChI is InChI=1S/C20H18N4O4/c1-12-4-6-16(13(2)8-12)24-18-15(9-22-24)19(25)23(11-21-18)10-14-5-7-17(28-14)20(26)27-3/h4-9,11H,10H2,1-3H3. The van der Waals surface area contributed by atoms with Crippen LogP contribution in [0.1, 0.15) is 27.4 Å². The molecule has 0 atom stereocenters. The largest absolute Gasteiger partial charge is 0.463 e. The van der Waals surface area contributed by atoms with E-state index in [2.05, 4.69) is 20.9 Å². The van der Waals surface area contributed by atoms with Crippen LogP contribution in [-0.2, 0) is 11.3 Å². The highest BCUT2D eigenvalue weighted by atomic mass is 16.5. The topological polar surface area (TPSA) is 92.2 Å². The van der Waals surface area contributed by atoms with Gasteiger partial charge in [0, 0.05) is 0 Å². The van der Waals surface area contributed by atoms with E-state index in [1.165, 1.54) is 30.3 Å². The number of esters is 1.